The number of rotatable bonds is 5. The first kappa shape index (κ1) is 23.7. The molecule has 1 saturated heterocycles. The van der Waals surface area contributed by atoms with Gasteiger partial charge in [0.2, 0.25) is 0 Å². The summed E-state index contributed by atoms with van der Waals surface area (Å²) in [7, 11) is 1.57. The molecular weight excluding hydrogens is 438 g/mol. The maximum atomic E-state index is 14.1. The predicted octanol–water partition coefficient (Wildman–Crippen LogP) is 2.68. The third-order valence-electron chi connectivity index (χ3n) is 5.39. The first-order valence-electron chi connectivity index (χ1n) is 10.1. The van der Waals surface area contributed by atoms with Crippen molar-refractivity contribution in [2.24, 2.45) is 4.99 Å². The summed E-state index contributed by atoms with van der Waals surface area (Å²) in [4.78, 5) is 23.1. The van der Waals surface area contributed by atoms with E-state index in [9.17, 15) is 18.7 Å². The smallest absolute Gasteiger partial charge is 0.273 e. The zero-order valence-electron chi connectivity index (χ0n) is 17.9. The fourth-order valence-electron chi connectivity index (χ4n) is 3.66. The molecule has 172 valence electrons. The van der Waals surface area contributed by atoms with Gasteiger partial charge in [0.15, 0.2) is 5.69 Å². The second kappa shape index (κ2) is 9.70. The molecular formula is C21H26F2N6O2S. The monoisotopic (exact) mass is 464 g/mol. The number of carbonyl (C=O) groups is 1. The lowest BCUT2D eigenvalue weighted by Crippen LogP contribution is -2.50. The van der Waals surface area contributed by atoms with Crippen LogP contribution in [0.4, 0.5) is 13.8 Å². The zero-order chi connectivity index (χ0) is 23.5. The Hall–Kier alpha value is -2.92. The molecule has 8 nitrogen and oxygen atoms in total. The summed E-state index contributed by atoms with van der Waals surface area (Å²) >= 11 is 0.804. The maximum Gasteiger partial charge on any atom is 0.273 e. The number of hydrogen-bond donors (Lipinski definition) is 4. The fraction of sp³-hybridized carbons (Fsp3) is 0.429. The topological polar surface area (TPSA) is 128 Å². The number of aliphatic hydroxyl groups is 1. The standard InChI is InChI=1S/C21H26F2N6O2S/c1-21(31)7-4-9-29(10-8-21)18(26-2)14(11-24)27-19(30)16-17(25)32-20(28-16)15-12(22)5-3-6-13(15)23/h3,5-6,11,14,24,31H,4,7-10,25H2,1-2H3,(H,27,30). The number of amidine groups is 1. The molecule has 0 spiro atoms. The molecule has 1 aromatic heterocycles. The largest absolute Gasteiger partial charge is 0.390 e. The summed E-state index contributed by atoms with van der Waals surface area (Å²) < 4.78 is 28.2. The highest BCUT2D eigenvalue weighted by Crippen LogP contribution is 2.33. The SMILES string of the molecule is CN=C(C(C=N)NC(=O)c1nc(-c2c(F)cccc2F)sc1N)N1CCCC(C)(O)CC1. The lowest BCUT2D eigenvalue weighted by Gasteiger charge is -2.29. The zero-order valence-corrected chi connectivity index (χ0v) is 18.7. The molecule has 1 aromatic carbocycles. The highest BCUT2D eigenvalue weighted by atomic mass is 32.1. The molecule has 32 heavy (non-hydrogen) atoms. The van der Waals surface area contributed by atoms with E-state index in [0.29, 0.717) is 31.8 Å². The summed E-state index contributed by atoms with van der Waals surface area (Å²) in [5.74, 6) is -1.82. The third kappa shape index (κ3) is 5.10. The van der Waals surface area contributed by atoms with Gasteiger partial charge in [-0.05, 0) is 38.3 Å². The molecule has 0 saturated carbocycles. The van der Waals surface area contributed by atoms with Gasteiger partial charge >= 0.3 is 0 Å². The second-order valence-corrected chi connectivity index (χ2v) is 8.90. The van der Waals surface area contributed by atoms with Crippen molar-refractivity contribution in [3.8, 4) is 10.6 Å². The van der Waals surface area contributed by atoms with Crippen molar-refractivity contribution in [1.82, 2.24) is 15.2 Å². The predicted molar refractivity (Wildman–Crippen MR) is 121 cm³/mol. The Morgan fingerprint density at radius 1 is 1.41 bits per heavy atom. The average molecular weight is 465 g/mol. The Labute approximate surface area is 188 Å². The number of likely N-dealkylation sites (tertiary alicyclic amines) is 1. The fourth-order valence-corrected chi connectivity index (χ4v) is 4.54. The van der Waals surface area contributed by atoms with E-state index in [-0.39, 0.29) is 21.3 Å². The van der Waals surface area contributed by atoms with Crippen molar-refractivity contribution in [3.05, 3.63) is 35.5 Å². The van der Waals surface area contributed by atoms with E-state index < -0.39 is 29.2 Å². The van der Waals surface area contributed by atoms with Crippen LogP contribution in [-0.2, 0) is 0 Å². The van der Waals surface area contributed by atoms with Gasteiger partial charge in [0, 0.05) is 26.4 Å². The van der Waals surface area contributed by atoms with Crippen LogP contribution < -0.4 is 11.1 Å². The van der Waals surface area contributed by atoms with Crippen molar-refractivity contribution in [2.75, 3.05) is 25.9 Å². The molecule has 2 aromatic rings. The van der Waals surface area contributed by atoms with Crippen LogP contribution in [0, 0.1) is 17.0 Å². The van der Waals surface area contributed by atoms with Crippen molar-refractivity contribution >= 4 is 34.3 Å². The van der Waals surface area contributed by atoms with Crippen LogP contribution in [0.25, 0.3) is 10.6 Å². The van der Waals surface area contributed by atoms with E-state index in [1.165, 1.54) is 6.07 Å². The number of carbonyl (C=O) groups excluding carboxylic acids is 1. The molecule has 2 heterocycles. The molecule has 11 heteroatoms. The van der Waals surface area contributed by atoms with Crippen molar-refractivity contribution in [3.63, 3.8) is 0 Å². The molecule has 5 N–H and O–H groups in total. The van der Waals surface area contributed by atoms with Crippen molar-refractivity contribution < 1.29 is 18.7 Å². The van der Waals surface area contributed by atoms with Crippen molar-refractivity contribution in [1.29, 1.82) is 5.41 Å². The van der Waals surface area contributed by atoms with Crippen LogP contribution in [0.5, 0.6) is 0 Å². The van der Waals surface area contributed by atoms with E-state index in [1.54, 1.807) is 14.0 Å². The number of nitrogen functional groups attached to an aromatic ring is 1. The van der Waals surface area contributed by atoms with Gasteiger partial charge in [-0.2, -0.15) is 0 Å². The molecule has 3 rings (SSSR count). The number of nitrogens with two attached hydrogens (primary N) is 1. The number of thiazole rings is 1. The number of anilines is 1. The third-order valence-corrected chi connectivity index (χ3v) is 6.30. The Kier molecular flexibility index (Phi) is 7.19. The van der Waals surface area contributed by atoms with Crippen LogP contribution in [0.2, 0.25) is 0 Å². The molecule has 0 bridgehead atoms. The number of hydrogen-bond acceptors (Lipinski definition) is 7. The highest BCUT2D eigenvalue weighted by molar-refractivity contribution is 7.19. The normalized spacial score (nSPS) is 20.5. The molecule has 2 atom stereocenters. The number of nitrogens with zero attached hydrogens (tertiary/aromatic N) is 3. The van der Waals surface area contributed by atoms with E-state index in [0.717, 1.165) is 36.1 Å². The van der Waals surface area contributed by atoms with Crippen LogP contribution >= 0.6 is 11.3 Å². The van der Waals surface area contributed by atoms with Crippen LogP contribution in [-0.4, -0.2) is 64.7 Å². The lowest BCUT2D eigenvalue weighted by atomic mass is 9.98. The van der Waals surface area contributed by atoms with E-state index in [1.807, 2.05) is 4.90 Å². The van der Waals surface area contributed by atoms with E-state index in [2.05, 4.69) is 15.3 Å². The maximum absolute atomic E-state index is 14.1. The molecule has 0 radical (unpaired) electrons. The minimum atomic E-state index is -0.856. The number of benzene rings is 1. The van der Waals surface area contributed by atoms with Crippen LogP contribution in [0.3, 0.4) is 0 Å². The number of aromatic nitrogens is 1. The number of aliphatic imine (C=N–C) groups is 1. The number of halogens is 2. The summed E-state index contributed by atoms with van der Waals surface area (Å²) in [5.41, 5.74) is 4.63. The molecule has 1 amide bonds. The van der Waals surface area contributed by atoms with Gasteiger partial charge in [-0.25, -0.2) is 13.8 Å². The quantitative estimate of drug-likeness (QED) is 0.400. The van der Waals surface area contributed by atoms with Gasteiger partial charge in [-0.3, -0.25) is 9.79 Å². The molecule has 1 aliphatic rings. The highest BCUT2D eigenvalue weighted by Gasteiger charge is 2.30. The van der Waals surface area contributed by atoms with E-state index >= 15 is 0 Å². The Balaban J connectivity index is 1.81. The molecule has 1 aliphatic heterocycles. The lowest BCUT2D eigenvalue weighted by molar-refractivity contribution is 0.0462. The summed E-state index contributed by atoms with van der Waals surface area (Å²) in [5, 5.41) is 20.8. The first-order valence-corrected chi connectivity index (χ1v) is 10.9. The van der Waals surface area contributed by atoms with E-state index in [4.69, 9.17) is 11.1 Å². The number of nitrogens with one attached hydrogen (secondary N) is 2. The van der Waals surface area contributed by atoms with Gasteiger partial charge in [0.05, 0.1) is 11.2 Å². The minimum absolute atomic E-state index is 0.00434. The Morgan fingerprint density at radius 3 is 2.72 bits per heavy atom. The van der Waals surface area contributed by atoms with Crippen LogP contribution in [0.1, 0.15) is 36.7 Å². The average Bonchev–Trinajstić information content (AvgIpc) is 3.02. The van der Waals surface area contributed by atoms with Gasteiger partial charge in [0.1, 0.15) is 33.5 Å². The Bertz CT molecular complexity index is 1020. The molecule has 0 aliphatic carbocycles. The van der Waals surface area contributed by atoms with Gasteiger partial charge in [0.25, 0.3) is 5.91 Å². The van der Waals surface area contributed by atoms with Gasteiger partial charge in [-0.15, -0.1) is 0 Å². The minimum Gasteiger partial charge on any atom is -0.390 e. The molecule has 2 unspecified atom stereocenters. The molecule has 1 fully saturated rings. The Morgan fingerprint density at radius 2 is 2.09 bits per heavy atom. The first-order chi connectivity index (χ1) is 15.2. The summed E-state index contributed by atoms with van der Waals surface area (Å²) in [6.45, 7) is 2.93. The van der Waals surface area contributed by atoms with Crippen molar-refractivity contribution in [2.45, 2.75) is 37.8 Å². The summed E-state index contributed by atoms with van der Waals surface area (Å²) in [6, 6.07) is 2.58. The summed E-state index contributed by atoms with van der Waals surface area (Å²) in [6.07, 6.45) is 2.96. The van der Waals surface area contributed by atoms with Gasteiger partial charge < -0.3 is 26.5 Å². The van der Waals surface area contributed by atoms with Crippen LogP contribution in [0.15, 0.2) is 23.2 Å². The van der Waals surface area contributed by atoms with Gasteiger partial charge in [-0.1, -0.05) is 17.4 Å². The number of amides is 1. The second-order valence-electron chi connectivity index (χ2n) is 7.87.